The normalized spacial score (nSPS) is 10.2. The number of amides is 1. The van der Waals surface area contributed by atoms with Gasteiger partial charge in [-0.05, 0) is 27.0 Å². The van der Waals surface area contributed by atoms with E-state index in [-0.39, 0.29) is 5.91 Å². The Morgan fingerprint density at radius 3 is 2.70 bits per heavy atom. The third-order valence-electron chi connectivity index (χ3n) is 2.68. The predicted octanol–water partition coefficient (Wildman–Crippen LogP) is 1.71. The first-order valence-corrected chi connectivity index (χ1v) is 7.01. The van der Waals surface area contributed by atoms with Crippen molar-refractivity contribution >= 4 is 5.91 Å². The minimum Gasteiger partial charge on any atom is -0.490 e. The molecule has 0 fully saturated rings. The lowest BCUT2D eigenvalue weighted by molar-refractivity contribution is -0.121. The van der Waals surface area contributed by atoms with Crippen LogP contribution in [0.25, 0.3) is 0 Å². The summed E-state index contributed by atoms with van der Waals surface area (Å²) in [7, 11) is 1.88. The Bertz CT molecular complexity index is 397. The van der Waals surface area contributed by atoms with Crippen LogP contribution in [0.1, 0.15) is 25.8 Å². The van der Waals surface area contributed by atoms with Crippen molar-refractivity contribution in [2.45, 2.75) is 26.8 Å². The first kappa shape index (κ1) is 16.3. The standard InChI is InChI=1S/C15H24N2O3/c1-4-17-14(18)9-10-20-15-12(11-16-3)7-6-8-13(15)19-5-2/h6-8,16H,4-5,9-11H2,1-3H3,(H,17,18). The van der Waals surface area contributed by atoms with Crippen LogP contribution in [-0.2, 0) is 11.3 Å². The van der Waals surface area contributed by atoms with E-state index in [2.05, 4.69) is 10.6 Å². The van der Waals surface area contributed by atoms with E-state index in [4.69, 9.17) is 9.47 Å². The molecular weight excluding hydrogens is 256 g/mol. The molecule has 0 unspecified atom stereocenters. The monoisotopic (exact) mass is 280 g/mol. The highest BCUT2D eigenvalue weighted by atomic mass is 16.5. The maximum absolute atomic E-state index is 11.4. The van der Waals surface area contributed by atoms with Crippen LogP contribution in [0.2, 0.25) is 0 Å². The molecule has 0 bridgehead atoms. The van der Waals surface area contributed by atoms with E-state index in [9.17, 15) is 4.79 Å². The SMILES string of the molecule is CCNC(=O)CCOc1c(CNC)cccc1OCC. The second kappa shape index (κ2) is 9.20. The molecule has 1 rings (SSSR count). The Hall–Kier alpha value is -1.75. The minimum atomic E-state index is -0.00319. The molecule has 0 aliphatic rings. The van der Waals surface area contributed by atoms with Crippen LogP contribution in [0.5, 0.6) is 11.5 Å². The number of rotatable bonds is 9. The average molecular weight is 280 g/mol. The Morgan fingerprint density at radius 2 is 2.05 bits per heavy atom. The topological polar surface area (TPSA) is 59.6 Å². The summed E-state index contributed by atoms with van der Waals surface area (Å²) in [5.74, 6) is 1.43. The molecule has 0 aliphatic heterocycles. The van der Waals surface area contributed by atoms with Crippen LogP contribution in [0.15, 0.2) is 18.2 Å². The Kier molecular flexibility index (Phi) is 7.50. The molecule has 0 atom stereocenters. The molecule has 0 aliphatic carbocycles. The first-order valence-electron chi connectivity index (χ1n) is 7.01. The highest BCUT2D eigenvalue weighted by Gasteiger charge is 2.11. The van der Waals surface area contributed by atoms with Gasteiger partial charge in [0.25, 0.3) is 0 Å². The van der Waals surface area contributed by atoms with Crippen LogP contribution in [0.4, 0.5) is 0 Å². The van der Waals surface area contributed by atoms with Crippen molar-refractivity contribution in [3.05, 3.63) is 23.8 Å². The van der Waals surface area contributed by atoms with Crippen molar-refractivity contribution in [3.8, 4) is 11.5 Å². The third kappa shape index (κ3) is 5.09. The van der Waals surface area contributed by atoms with Gasteiger partial charge in [0.2, 0.25) is 5.91 Å². The smallest absolute Gasteiger partial charge is 0.223 e. The van der Waals surface area contributed by atoms with E-state index in [1.807, 2.05) is 39.1 Å². The summed E-state index contributed by atoms with van der Waals surface area (Å²) in [5.41, 5.74) is 1.02. The van der Waals surface area contributed by atoms with Crippen LogP contribution in [-0.4, -0.2) is 32.7 Å². The maximum atomic E-state index is 11.4. The largest absolute Gasteiger partial charge is 0.490 e. The summed E-state index contributed by atoms with van der Waals surface area (Å²) in [4.78, 5) is 11.4. The van der Waals surface area contributed by atoms with Gasteiger partial charge in [-0.2, -0.15) is 0 Å². The number of carbonyl (C=O) groups is 1. The molecule has 20 heavy (non-hydrogen) atoms. The number of benzene rings is 1. The van der Waals surface area contributed by atoms with E-state index in [1.165, 1.54) is 0 Å². The zero-order valence-electron chi connectivity index (χ0n) is 12.5. The van der Waals surface area contributed by atoms with Crippen molar-refractivity contribution in [1.29, 1.82) is 0 Å². The van der Waals surface area contributed by atoms with Crippen LogP contribution >= 0.6 is 0 Å². The van der Waals surface area contributed by atoms with Crippen LogP contribution < -0.4 is 20.1 Å². The molecule has 0 spiro atoms. The molecule has 0 saturated carbocycles. The summed E-state index contributed by atoms with van der Waals surface area (Å²) in [6, 6.07) is 5.80. The van der Waals surface area contributed by atoms with Crippen molar-refractivity contribution < 1.29 is 14.3 Å². The fourth-order valence-electron chi connectivity index (χ4n) is 1.86. The van der Waals surface area contributed by atoms with E-state index in [0.29, 0.717) is 38.5 Å². The van der Waals surface area contributed by atoms with Gasteiger partial charge in [0.15, 0.2) is 11.5 Å². The van der Waals surface area contributed by atoms with Gasteiger partial charge < -0.3 is 20.1 Å². The quantitative estimate of drug-likeness (QED) is 0.723. The van der Waals surface area contributed by atoms with Gasteiger partial charge in [0.1, 0.15) is 0 Å². The molecular formula is C15H24N2O3. The molecule has 0 heterocycles. The first-order chi connectivity index (χ1) is 9.72. The van der Waals surface area contributed by atoms with Gasteiger partial charge in [-0.15, -0.1) is 0 Å². The Balaban J connectivity index is 2.71. The zero-order chi connectivity index (χ0) is 14.8. The van der Waals surface area contributed by atoms with Gasteiger partial charge in [0, 0.05) is 18.7 Å². The molecule has 2 N–H and O–H groups in total. The molecule has 5 nitrogen and oxygen atoms in total. The van der Waals surface area contributed by atoms with Gasteiger partial charge >= 0.3 is 0 Å². The molecule has 1 amide bonds. The summed E-state index contributed by atoms with van der Waals surface area (Å²) in [6.07, 6.45) is 0.341. The van der Waals surface area contributed by atoms with E-state index >= 15 is 0 Å². The number of hydrogen-bond donors (Lipinski definition) is 2. The van der Waals surface area contributed by atoms with Crippen molar-refractivity contribution in [1.82, 2.24) is 10.6 Å². The predicted molar refractivity (Wildman–Crippen MR) is 79.2 cm³/mol. The number of hydrogen-bond acceptors (Lipinski definition) is 4. The summed E-state index contributed by atoms with van der Waals surface area (Å²) in [5, 5.41) is 5.85. The number of para-hydroxylation sites is 1. The fraction of sp³-hybridized carbons (Fsp3) is 0.533. The van der Waals surface area contributed by atoms with E-state index in [0.717, 1.165) is 11.3 Å². The van der Waals surface area contributed by atoms with Gasteiger partial charge in [-0.25, -0.2) is 0 Å². The summed E-state index contributed by atoms with van der Waals surface area (Å²) >= 11 is 0. The lowest BCUT2D eigenvalue weighted by Crippen LogP contribution is -2.24. The van der Waals surface area contributed by atoms with Gasteiger partial charge in [-0.1, -0.05) is 12.1 Å². The Labute approximate surface area is 120 Å². The maximum Gasteiger partial charge on any atom is 0.223 e. The lowest BCUT2D eigenvalue weighted by Gasteiger charge is -2.15. The minimum absolute atomic E-state index is 0.00319. The molecule has 112 valence electrons. The zero-order valence-corrected chi connectivity index (χ0v) is 12.5. The lowest BCUT2D eigenvalue weighted by atomic mass is 10.2. The van der Waals surface area contributed by atoms with Gasteiger partial charge in [-0.3, -0.25) is 4.79 Å². The number of nitrogens with one attached hydrogen (secondary N) is 2. The summed E-state index contributed by atoms with van der Waals surface area (Å²) in [6.45, 7) is 6.08. The van der Waals surface area contributed by atoms with E-state index < -0.39 is 0 Å². The fourth-order valence-corrected chi connectivity index (χ4v) is 1.86. The van der Waals surface area contributed by atoms with Crippen molar-refractivity contribution in [3.63, 3.8) is 0 Å². The Morgan fingerprint density at radius 1 is 1.25 bits per heavy atom. The van der Waals surface area contributed by atoms with Gasteiger partial charge in [0.05, 0.1) is 19.6 Å². The third-order valence-corrected chi connectivity index (χ3v) is 2.68. The summed E-state index contributed by atoms with van der Waals surface area (Å²) < 4.78 is 11.3. The number of carbonyl (C=O) groups excluding carboxylic acids is 1. The molecule has 5 heteroatoms. The highest BCUT2D eigenvalue weighted by Crippen LogP contribution is 2.31. The molecule has 0 radical (unpaired) electrons. The van der Waals surface area contributed by atoms with Crippen molar-refractivity contribution in [2.75, 3.05) is 26.8 Å². The van der Waals surface area contributed by atoms with Crippen LogP contribution in [0.3, 0.4) is 0 Å². The molecule has 1 aromatic carbocycles. The molecule has 0 saturated heterocycles. The second-order valence-electron chi connectivity index (χ2n) is 4.26. The van der Waals surface area contributed by atoms with Crippen molar-refractivity contribution in [2.24, 2.45) is 0 Å². The second-order valence-corrected chi connectivity index (χ2v) is 4.26. The van der Waals surface area contributed by atoms with Crippen LogP contribution in [0, 0.1) is 0 Å². The average Bonchev–Trinajstić information content (AvgIpc) is 2.42. The molecule has 1 aromatic rings. The number of ether oxygens (including phenoxy) is 2. The highest BCUT2D eigenvalue weighted by molar-refractivity contribution is 5.75. The van der Waals surface area contributed by atoms with E-state index in [1.54, 1.807) is 0 Å². The molecule has 0 aromatic heterocycles.